The first-order valence-corrected chi connectivity index (χ1v) is 8.79. The van der Waals surface area contributed by atoms with E-state index in [1.54, 1.807) is 4.90 Å². The standard InChI is InChI=1S/C17H26N2O5/c1-4-18-9-11(7-15(18)20)16(21)19-10(2)5-6-13-12(19)8-14(24-13)17(22)23-3/h10-14H,4-9H2,1-3H3/t10-,11-,12-,13+,14+/m1/s1. The first kappa shape index (κ1) is 17.2. The van der Waals surface area contributed by atoms with Gasteiger partial charge in [-0.05, 0) is 26.7 Å². The minimum Gasteiger partial charge on any atom is -0.467 e. The van der Waals surface area contributed by atoms with Crippen molar-refractivity contribution in [2.45, 2.75) is 63.8 Å². The number of carbonyl (C=O) groups excluding carboxylic acids is 3. The Kier molecular flexibility index (Phi) is 4.80. The predicted octanol–water partition coefficient (Wildman–Crippen LogP) is 0.565. The van der Waals surface area contributed by atoms with Crippen molar-refractivity contribution in [3.05, 3.63) is 0 Å². The molecule has 0 N–H and O–H groups in total. The van der Waals surface area contributed by atoms with Gasteiger partial charge in [0.2, 0.25) is 11.8 Å². The van der Waals surface area contributed by atoms with E-state index in [4.69, 9.17) is 9.47 Å². The van der Waals surface area contributed by atoms with E-state index in [-0.39, 0.29) is 48.3 Å². The zero-order valence-corrected chi connectivity index (χ0v) is 14.6. The Labute approximate surface area is 142 Å². The molecular formula is C17H26N2O5. The van der Waals surface area contributed by atoms with Crippen LogP contribution in [0.15, 0.2) is 0 Å². The number of hydrogen-bond acceptors (Lipinski definition) is 5. The lowest BCUT2D eigenvalue weighted by atomic mass is 9.90. The molecule has 3 aliphatic rings. The third-order valence-corrected chi connectivity index (χ3v) is 5.59. The summed E-state index contributed by atoms with van der Waals surface area (Å²) in [6.45, 7) is 5.10. The number of hydrogen-bond donors (Lipinski definition) is 0. The van der Waals surface area contributed by atoms with E-state index in [0.29, 0.717) is 19.5 Å². The Morgan fingerprint density at radius 2 is 2.08 bits per heavy atom. The van der Waals surface area contributed by atoms with Crippen LogP contribution in [0.3, 0.4) is 0 Å². The highest BCUT2D eigenvalue weighted by Crippen LogP contribution is 2.37. The zero-order chi connectivity index (χ0) is 17.4. The Balaban J connectivity index is 1.74. The smallest absolute Gasteiger partial charge is 0.335 e. The van der Waals surface area contributed by atoms with Crippen LogP contribution >= 0.6 is 0 Å². The van der Waals surface area contributed by atoms with Crippen LogP contribution in [0.5, 0.6) is 0 Å². The van der Waals surface area contributed by atoms with Crippen molar-refractivity contribution < 1.29 is 23.9 Å². The van der Waals surface area contributed by atoms with Gasteiger partial charge in [-0.2, -0.15) is 0 Å². The van der Waals surface area contributed by atoms with Gasteiger partial charge in [0.25, 0.3) is 0 Å². The minimum atomic E-state index is -0.594. The lowest BCUT2D eigenvalue weighted by molar-refractivity contribution is -0.154. The van der Waals surface area contributed by atoms with E-state index in [2.05, 4.69) is 0 Å². The average Bonchev–Trinajstić information content (AvgIpc) is 3.16. The maximum absolute atomic E-state index is 13.1. The molecule has 0 aromatic rings. The van der Waals surface area contributed by atoms with Crippen molar-refractivity contribution >= 4 is 17.8 Å². The number of rotatable bonds is 3. The molecule has 0 bridgehead atoms. The number of carbonyl (C=O) groups is 3. The van der Waals surface area contributed by atoms with Gasteiger partial charge in [-0.3, -0.25) is 9.59 Å². The molecule has 0 aromatic heterocycles. The molecule has 0 aliphatic carbocycles. The van der Waals surface area contributed by atoms with E-state index in [1.807, 2.05) is 18.7 Å². The second-order valence-electron chi connectivity index (χ2n) is 6.99. The maximum atomic E-state index is 13.1. The molecule has 24 heavy (non-hydrogen) atoms. The number of nitrogens with zero attached hydrogens (tertiary/aromatic N) is 2. The van der Waals surface area contributed by atoms with E-state index >= 15 is 0 Å². The Bertz CT molecular complexity index is 537. The molecule has 0 aromatic carbocycles. The highest BCUT2D eigenvalue weighted by molar-refractivity contribution is 5.89. The Morgan fingerprint density at radius 1 is 1.33 bits per heavy atom. The molecule has 0 unspecified atom stereocenters. The lowest BCUT2D eigenvalue weighted by Gasteiger charge is -2.42. The van der Waals surface area contributed by atoms with Crippen LogP contribution in [0.2, 0.25) is 0 Å². The molecular weight excluding hydrogens is 312 g/mol. The molecule has 3 aliphatic heterocycles. The summed E-state index contributed by atoms with van der Waals surface area (Å²) in [6.07, 6.45) is 1.74. The SMILES string of the molecule is CCN1C[C@H](C(=O)N2[C@H](C)CC[C@@H]3O[C@H](C(=O)OC)C[C@H]32)CC1=O. The second kappa shape index (κ2) is 6.70. The zero-order valence-electron chi connectivity index (χ0n) is 14.6. The molecule has 0 spiro atoms. The number of piperidine rings is 1. The number of methoxy groups -OCH3 is 1. The molecule has 5 atom stereocenters. The Morgan fingerprint density at radius 3 is 2.71 bits per heavy atom. The van der Waals surface area contributed by atoms with E-state index in [1.165, 1.54) is 7.11 Å². The fraction of sp³-hybridized carbons (Fsp3) is 0.824. The highest BCUT2D eigenvalue weighted by atomic mass is 16.6. The molecule has 3 saturated heterocycles. The fourth-order valence-electron chi connectivity index (χ4n) is 4.27. The first-order chi connectivity index (χ1) is 11.5. The molecule has 3 fully saturated rings. The normalized spacial score (nSPS) is 36.0. The van der Waals surface area contributed by atoms with E-state index < -0.39 is 6.10 Å². The van der Waals surface area contributed by atoms with Crippen LogP contribution in [0.1, 0.15) is 39.5 Å². The summed E-state index contributed by atoms with van der Waals surface area (Å²) in [5.41, 5.74) is 0. The second-order valence-corrected chi connectivity index (χ2v) is 6.99. The quantitative estimate of drug-likeness (QED) is 0.703. The van der Waals surface area contributed by atoms with Gasteiger partial charge in [0, 0.05) is 32.0 Å². The van der Waals surface area contributed by atoms with Crippen LogP contribution in [0, 0.1) is 5.92 Å². The van der Waals surface area contributed by atoms with Gasteiger partial charge in [0.1, 0.15) is 0 Å². The van der Waals surface area contributed by atoms with Gasteiger partial charge in [-0.25, -0.2) is 4.79 Å². The number of likely N-dealkylation sites (tertiary alicyclic amines) is 2. The average molecular weight is 338 g/mol. The maximum Gasteiger partial charge on any atom is 0.335 e. The minimum absolute atomic E-state index is 0.0237. The molecule has 3 rings (SSSR count). The third-order valence-electron chi connectivity index (χ3n) is 5.59. The van der Waals surface area contributed by atoms with E-state index in [9.17, 15) is 14.4 Å². The van der Waals surface area contributed by atoms with Crippen molar-refractivity contribution in [3.63, 3.8) is 0 Å². The lowest BCUT2D eigenvalue weighted by Crippen LogP contribution is -2.55. The highest BCUT2D eigenvalue weighted by Gasteiger charge is 2.49. The van der Waals surface area contributed by atoms with Gasteiger partial charge >= 0.3 is 5.97 Å². The number of fused-ring (bicyclic) bond motifs is 1. The molecule has 3 heterocycles. The van der Waals surface area contributed by atoms with Gasteiger partial charge < -0.3 is 19.3 Å². The monoisotopic (exact) mass is 338 g/mol. The summed E-state index contributed by atoms with van der Waals surface area (Å²) in [5.74, 6) is -0.587. The van der Waals surface area contributed by atoms with Gasteiger partial charge in [0.15, 0.2) is 6.10 Å². The summed E-state index contributed by atoms with van der Waals surface area (Å²) in [7, 11) is 1.35. The summed E-state index contributed by atoms with van der Waals surface area (Å²) >= 11 is 0. The number of esters is 1. The number of ether oxygens (including phenoxy) is 2. The van der Waals surface area contributed by atoms with E-state index in [0.717, 1.165) is 12.8 Å². The van der Waals surface area contributed by atoms with Crippen molar-refractivity contribution in [1.82, 2.24) is 9.80 Å². The topological polar surface area (TPSA) is 76.2 Å². The molecule has 2 amide bonds. The molecule has 0 radical (unpaired) electrons. The molecule has 7 nitrogen and oxygen atoms in total. The van der Waals surface area contributed by atoms with Crippen LogP contribution < -0.4 is 0 Å². The van der Waals surface area contributed by atoms with Crippen molar-refractivity contribution in [1.29, 1.82) is 0 Å². The summed E-state index contributed by atoms with van der Waals surface area (Å²) in [6, 6.07) is 0.000606. The third kappa shape index (κ3) is 2.90. The van der Waals surface area contributed by atoms with Crippen molar-refractivity contribution in [3.8, 4) is 0 Å². The largest absolute Gasteiger partial charge is 0.467 e. The van der Waals surface area contributed by atoms with Crippen molar-refractivity contribution in [2.24, 2.45) is 5.92 Å². The Hall–Kier alpha value is -1.63. The molecule has 134 valence electrons. The summed E-state index contributed by atoms with van der Waals surface area (Å²) in [4.78, 5) is 40.5. The molecule has 0 saturated carbocycles. The van der Waals surface area contributed by atoms with Crippen LogP contribution in [-0.4, -0.2) is 72.1 Å². The molecule has 7 heteroatoms. The van der Waals surface area contributed by atoms with Gasteiger partial charge in [0.05, 0.1) is 25.2 Å². The summed E-state index contributed by atoms with van der Waals surface area (Å²) in [5, 5.41) is 0. The fourth-order valence-corrected chi connectivity index (χ4v) is 4.27. The van der Waals surface area contributed by atoms with Crippen LogP contribution in [-0.2, 0) is 23.9 Å². The van der Waals surface area contributed by atoms with Gasteiger partial charge in [-0.15, -0.1) is 0 Å². The first-order valence-electron chi connectivity index (χ1n) is 8.79. The number of amides is 2. The van der Waals surface area contributed by atoms with Crippen LogP contribution in [0.4, 0.5) is 0 Å². The predicted molar refractivity (Wildman–Crippen MR) is 85.0 cm³/mol. The summed E-state index contributed by atoms with van der Waals surface area (Å²) < 4.78 is 10.6. The van der Waals surface area contributed by atoms with Crippen LogP contribution in [0.25, 0.3) is 0 Å². The van der Waals surface area contributed by atoms with Gasteiger partial charge in [-0.1, -0.05) is 0 Å². The van der Waals surface area contributed by atoms with Crippen molar-refractivity contribution in [2.75, 3.05) is 20.2 Å².